The first-order valence-electron chi connectivity index (χ1n) is 7.66. The average Bonchev–Trinajstić information content (AvgIpc) is 2.61. The van der Waals surface area contributed by atoms with E-state index in [1.807, 2.05) is 61.5 Å². The number of hydrazine groups is 1. The number of benzene rings is 2. The van der Waals surface area contributed by atoms with E-state index in [4.69, 9.17) is 9.47 Å². The highest BCUT2D eigenvalue weighted by Crippen LogP contribution is 2.28. The van der Waals surface area contributed by atoms with Gasteiger partial charge in [0.1, 0.15) is 0 Å². The summed E-state index contributed by atoms with van der Waals surface area (Å²) in [7, 11) is 3.35. The Morgan fingerprint density at radius 1 is 1.17 bits per heavy atom. The number of ether oxygens (including phenoxy) is 2. The lowest BCUT2D eigenvalue weighted by atomic mass is 10.2. The lowest BCUT2D eigenvalue weighted by molar-refractivity contribution is -0.123. The summed E-state index contributed by atoms with van der Waals surface area (Å²) in [5.41, 5.74) is 4.65. The molecule has 0 heterocycles. The van der Waals surface area contributed by atoms with Crippen LogP contribution in [0.3, 0.4) is 0 Å². The molecule has 0 aliphatic heterocycles. The molecule has 0 aliphatic rings. The molecule has 0 fully saturated rings. The number of hydrogen-bond donors (Lipinski definition) is 1. The minimum Gasteiger partial charge on any atom is -0.493 e. The van der Waals surface area contributed by atoms with Crippen molar-refractivity contribution in [3.63, 3.8) is 0 Å². The quantitative estimate of drug-likeness (QED) is 0.794. The summed E-state index contributed by atoms with van der Waals surface area (Å²) < 4.78 is 10.9. The van der Waals surface area contributed by atoms with Gasteiger partial charge in [-0.15, -0.1) is 0 Å². The maximum atomic E-state index is 12.0. The molecule has 0 radical (unpaired) electrons. The number of rotatable bonds is 7. The van der Waals surface area contributed by atoms with Crippen molar-refractivity contribution in [1.82, 2.24) is 5.43 Å². The highest BCUT2D eigenvalue weighted by molar-refractivity contribution is 5.79. The van der Waals surface area contributed by atoms with Crippen LogP contribution in [-0.2, 0) is 4.79 Å². The van der Waals surface area contributed by atoms with E-state index in [1.54, 1.807) is 25.2 Å². The smallest absolute Gasteiger partial charge is 0.276 e. The van der Waals surface area contributed by atoms with Gasteiger partial charge in [-0.3, -0.25) is 15.2 Å². The van der Waals surface area contributed by atoms with E-state index in [2.05, 4.69) is 5.43 Å². The summed E-state index contributed by atoms with van der Waals surface area (Å²) in [5, 5.41) is 1.65. The molecule has 0 spiro atoms. The zero-order valence-corrected chi connectivity index (χ0v) is 14.2. The van der Waals surface area contributed by atoms with Crippen molar-refractivity contribution < 1.29 is 14.3 Å². The molecular formula is C19H22N2O3. The fourth-order valence-corrected chi connectivity index (χ4v) is 2.18. The topological polar surface area (TPSA) is 50.8 Å². The molecule has 5 nitrogen and oxygen atoms in total. The van der Waals surface area contributed by atoms with Gasteiger partial charge in [-0.05, 0) is 36.8 Å². The number of hydrogen-bond acceptors (Lipinski definition) is 4. The molecule has 2 aromatic rings. The predicted molar refractivity (Wildman–Crippen MR) is 96.2 cm³/mol. The van der Waals surface area contributed by atoms with Gasteiger partial charge >= 0.3 is 0 Å². The van der Waals surface area contributed by atoms with Gasteiger partial charge in [0.15, 0.2) is 18.1 Å². The molecule has 24 heavy (non-hydrogen) atoms. The largest absolute Gasteiger partial charge is 0.493 e. The molecule has 5 heteroatoms. The Morgan fingerprint density at radius 3 is 2.58 bits per heavy atom. The van der Waals surface area contributed by atoms with Crippen LogP contribution in [0.5, 0.6) is 11.5 Å². The molecule has 0 aliphatic carbocycles. The number of carbonyl (C=O) groups is 1. The van der Waals surface area contributed by atoms with Crippen LogP contribution in [-0.4, -0.2) is 26.7 Å². The molecule has 2 rings (SSSR count). The molecule has 0 saturated carbocycles. The van der Waals surface area contributed by atoms with E-state index in [-0.39, 0.29) is 12.5 Å². The van der Waals surface area contributed by atoms with Crippen LogP contribution < -0.4 is 19.9 Å². The SMILES string of the molecule is C/C=C/c1ccc(OCC(=O)NN(C)c2ccccc2)c(OC)c1. The molecule has 126 valence electrons. The number of methoxy groups -OCH3 is 1. The standard InChI is InChI=1S/C19H22N2O3/c1-4-8-15-11-12-17(18(13-15)23-3)24-14-19(22)20-21(2)16-9-6-5-7-10-16/h4-13H,14H2,1-3H3,(H,20,22)/b8-4+. The first-order valence-corrected chi connectivity index (χ1v) is 7.66. The first-order chi connectivity index (χ1) is 11.6. The van der Waals surface area contributed by atoms with Gasteiger partial charge in [-0.25, -0.2) is 0 Å². The van der Waals surface area contributed by atoms with Gasteiger partial charge in [0.2, 0.25) is 0 Å². The second-order valence-corrected chi connectivity index (χ2v) is 5.13. The first kappa shape index (κ1) is 17.4. The fourth-order valence-electron chi connectivity index (χ4n) is 2.18. The zero-order chi connectivity index (χ0) is 17.4. The lowest BCUT2D eigenvalue weighted by Crippen LogP contribution is -2.41. The van der Waals surface area contributed by atoms with E-state index in [0.717, 1.165) is 11.3 Å². The van der Waals surface area contributed by atoms with E-state index in [9.17, 15) is 4.79 Å². The third-order valence-corrected chi connectivity index (χ3v) is 3.34. The van der Waals surface area contributed by atoms with Gasteiger partial charge in [-0.1, -0.05) is 36.4 Å². The zero-order valence-electron chi connectivity index (χ0n) is 14.2. The molecular weight excluding hydrogens is 304 g/mol. The van der Waals surface area contributed by atoms with Gasteiger partial charge in [0.05, 0.1) is 12.8 Å². The third-order valence-electron chi connectivity index (χ3n) is 3.34. The number of amides is 1. The van der Waals surface area contributed by atoms with Gasteiger partial charge in [0.25, 0.3) is 5.91 Å². The van der Waals surface area contributed by atoms with Crippen LogP contribution in [0, 0.1) is 0 Å². The molecule has 0 unspecified atom stereocenters. The Bertz CT molecular complexity index is 699. The molecule has 2 aromatic carbocycles. The van der Waals surface area contributed by atoms with Crippen molar-refractivity contribution in [2.24, 2.45) is 0 Å². The molecule has 0 bridgehead atoms. The molecule has 1 N–H and O–H groups in total. The molecule has 1 amide bonds. The lowest BCUT2D eigenvalue weighted by Gasteiger charge is -2.20. The van der Waals surface area contributed by atoms with Gasteiger partial charge in [-0.2, -0.15) is 0 Å². The van der Waals surface area contributed by atoms with Crippen LogP contribution in [0.1, 0.15) is 12.5 Å². The second-order valence-electron chi connectivity index (χ2n) is 5.13. The minimum absolute atomic E-state index is 0.101. The summed E-state index contributed by atoms with van der Waals surface area (Å²) in [6.07, 6.45) is 3.91. The fraction of sp³-hybridized carbons (Fsp3) is 0.211. The highest BCUT2D eigenvalue weighted by atomic mass is 16.5. The summed E-state index contributed by atoms with van der Waals surface area (Å²) in [6.45, 7) is 1.85. The number of carbonyl (C=O) groups excluding carboxylic acids is 1. The number of allylic oxidation sites excluding steroid dienone is 1. The summed E-state index contributed by atoms with van der Waals surface area (Å²) in [4.78, 5) is 12.0. The van der Waals surface area contributed by atoms with Crippen LogP contribution in [0.15, 0.2) is 54.6 Å². The second kappa shape index (κ2) is 8.62. The van der Waals surface area contributed by atoms with Crippen molar-refractivity contribution in [2.45, 2.75) is 6.92 Å². The van der Waals surface area contributed by atoms with Crippen molar-refractivity contribution in [1.29, 1.82) is 0 Å². The van der Waals surface area contributed by atoms with Crippen molar-refractivity contribution in [3.05, 3.63) is 60.2 Å². The molecule has 0 atom stereocenters. The van der Waals surface area contributed by atoms with Gasteiger partial charge in [0, 0.05) is 7.05 Å². The average molecular weight is 326 g/mol. The number of nitrogens with zero attached hydrogens (tertiary/aromatic N) is 1. The van der Waals surface area contributed by atoms with Crippen LogP contribution in [0.4, 0.5) is 5.69 Å². The Hall–Kier alpha value is -2.95. The van der Waals surface area contributed by atoms with Crippen molar-refractivity contribution >= 4 is 17.7 Å². The van der Waals surface area contributed by atoms with Crippen LogP contribution in [0.2, 0.25) is 0 Å². The Kier molecular flexibility index (Phi) is 6.25. The summed E-state index contributed by atoms with van der Waals surface area (Å²) >= 11 is 0. The molecule has 0 saturated heterocycles. The number of anilines is 1. The van der Waals surface area contributed by atoms with Crippen LogP contribution in [0.25, 0.3) is 6.08 Å². The monoisotopic (exact) mass is 326 g/mol. The van der Waals surface area contributed by atoms with E-state index in [1.165, 1.54) is 0 Å². The molecule has 0 aromatic heterocycles. The summed E-state index contributed by atoms with van der Waals surface area (Å²) in [5.74, 6) is 0.874. The maximum absolute atomic E-state index is 12.0. The Labute approximate surface area is 142 Å². The Morgan fingerprint density at radius 2 is 1.92 bits per heavy atom. The minimum atomic E-state index is -0.249. The normalized spacial score (nSPS) is 10.5. The third kappa shape index (κ3) is 4.78. The van der Waals surface area contributed by atoms with E-state index < -0.39 is 0 Å². The summed E-state index contributed by atoms with van der Waals surface area (Å²) in [6, 6.07) is 15.1. The van der Waals surface area contributed by atoms with E-state index in [0.29, 0.717) is 11.5 Å². The van der Waals surface area contributed by atoms with Crippen molar-refractivity contribution in [2.75, 3.05) is 25.8 Å². The number of para-hydroxylation sites is 1. The van der Waals surface area contributed by atoms with Crippen LogP contribution >= 0.6 is 0 Å². The maximum Gasteiger partial charge on any atom is 0.276 e. The van der Waals surface area contributed by atoms with E-state index >= 15 is 0 Å². The van der Waals surface area contributed by atoms with Crippen molar-refractivity contribution in [3.8, 4) is 11.5 Å². The van der Waals surface area contributed by atoms with Gasteiger partial charge < -0.3 is 9.47 Å². The highest BCUT2D eigenvalue weighted by Gasteiger charge is 2.10. The predicted octanol–water partition coefficient (Wildman–Crippen LogP) is 3.27. The number of nitrogens with one attached hydrogen (secondary N) is 1. The Balaban J connectivity index is 1.94.